The van der Waals surface area contributed by atoms with Gasteiger partial charge in [0, 0.05) is 27.4 Å². The second kappa shape index (κ2) is 5.92. The Morgan fingerprint density at radius 1 is 1.26 bits per heavy atom. The highest BCUT2D eigenvalue weighted by atomic mass is 35.5. The van der Waals surface area contributed by atoms with Crippen LogP contribution in [0.4, 0.5) is 0 Å². The van der Waals surface area contributed by atoms with Crippen molar-refractivity contribution < 1.29 is 4.74 Å². The van der Waals surface area contributed by atoms with Gasteiger partial charge in [-0.2, -0.15) is 5.26 Å². The molecular formula is C14H10Cl2N2O. The Balaban J connectivity index is 2.62. The predicted molar refractivity (Wildman–Crippen MR) is 75.6 cm³/mol. The Morgan fingerprint density at radius 2 is 2.05 bits per heavy atom. The lowest BCUT2D eigenvalue weighted by Crippen LogP contribution is -1.95. The largest absolute Gasteiger partial charge is 0.481 e. The number of nitrogens with zero attached hydrogens (tertiary/aromatic N) is 2. The van der Waals surface area contributed by atoms with Crippen LogP contribution in [0.25, 0.3) is 11.1 Å². The topological polar surface area (TPSA) is 45.9 Å². The number of rotatable bonds is 3. The number of hydrogen-bond acceptors (Lipinski definition) is 3. The number of ether oxygens (including phenoxy) is 1. The average Bonchev–Trinajstić information content (AvgIpc) is 2.42. The first kappa shape index (κ1) is 13.7. The monoisotopic (exact) mass is 292 g/mol. The molecule has 0 aliphatic rings. The van der Waals surface area contributed by atoms with Gasteiger partial charge >= 0.3 is 0 Å². The Bertz CT molecular complexity index is 650. The van der Waals surface area contributed by atoms with E-state index in [0.717, 1.165) is 16.7 Å². The van der Waals surface area contributed by atoms with E-state index in [1.165, 1.54) is 7.11 Å². The first-order valence-electron chi connectivity index (χ1n) is 5.51. The van der Waals surface area contributed by atoms with E-state index in [1.54, 1.807) is 24.4 Å². The number of pyridine rings is 1. The average molecular weight is 293 g/mol. The second-order valence-corrected chi connectivity index (χ2v) is 4.70. The number of methoxy groups -OCH3 is 1. The molecule has 0 N–H and O–H groups in total. The first-order chi connectivity index (χ1) is 9.15. The van der Waals surface area contributed by atoms with Crippen molar-refractivity contribution in [2.24, 2.45) is 0 Å². The van der Waals surface area contributed by atoms with Crippen LogP contribution in [0.3, 0.4) is 0 Å². The van der Waals surface area contributed by atoms with E-state index < -0.39 is 0 Å². The summed E-state index contributed by atoms with van der Waals surface area (Å²) in [5.74, 6) is 0.450. The van der Waals surface area contributed by atoms with E-state index in [4.69, 9.17) is 33.2 Å². The van der Waals surface area contributed by atoms with Gasteiger partial charge in [0.25, 0.3) is 0 Å². The molecule has 0 saturated carbocycles. The molecule has 0 radical (unpaired) electrons. The molecule has 1 aromatic carbocycles. The molecule has 0 fully saturated rings. The molecule has 3 nitrogen and oxygen atoms in total. The van der Waals surface area contributed by atoms with Crippen molar-refractivity contribution in [2.75, 3.05) is 7.11 Å². The van der Waals surface area contributed by atoms with Crippen molar-refractivity contribution in [2.45, 2.75) is 6.42 Å². The molecule has 0 unspecified atom stereocenters. The molecule has 0 saturated heterocycles. The third-order valence-corrected chi connectivity index (χ3v) is 3.17. The standard InChI is InChI=1S/C14H10Cl2N2O/c1-19-14-12(6-9(4-5-17)8-18-14)11-7-10(15)2-3-13(11)16/h2-3,6-8H,4H2,1H3. The lowest BCUT2D eigenvalue weighted by atomic mass is 10.0. The maximum atomic E-state index is 8.75. The lowest BCUT2D eigenvalue weighted by molar-refractivity contribution is 0.399. The van der Waals surface area contributed by atoms with Gasteiger partial charge in [-0.15, -0.1) is 0 Å². The summed E-state index contributed by atoms with van der Waals surface area (Å²) >= 11 is 12.2. The lowest BCUT2D eigenvalue weighted by Gasteiger charge is -2.10. The first-order valence-corrected chi connectivity index (χ1v) is 6.26. The third-order valence-electron chi connectivity index (χ3n) is 2.60. The van der Waals surface area contributed by atoms with Crippen molar-refractivity contribution >= 4 is 23.2 Å². The van der Waals surface area contributed by atoms with E-state index in [-0.39, 0.29) is 6.42 Å². The van der Waals surface area contributed by atoms with Gasteiger partial charge in [-0.1, -0.05) is 23.2 Å². The zero-order chi connectivity index (χ0) is 13.8. The number of hydrogen-bond donors (Lipinski definition) is 0. The highest BCUT2D eigenvalue weighted by Crippen LogP contribution is 2.35. The van der Waals surface area contributed by atoms with Gasteiger partial charge in [-0.05, 0) is 29.8 Å². The van der Waals surface area contributed by atoms with Crippen molar-refractivity contribution in [1.82, 2.24) is 4.98 Å². The Labute approximate surface area is 121 Å². The molecular weight excluding hydrogens is 283 g/mol. The summed E-state index contributed by atoms with van der Waals surface area (Å²) in [4.78, 5) is 4.19. The molecule has 0 bridgehead atoms. The van der Waals surface area contributed by atoms with E-state index in [0.29, 0.717) is 15.9 Å². The molecule has 0 amide bonds. The molecule has 0 spiro atoms. The van der Waals surface area contributed by atoms with Gasteiger partial charge < -0.3 is 4.74 Å². The summed E-state index contributed by atoms with van der Waals surface area (Å²) in [6.07, 6.45) is 1.90. The van der Waals surface area contributed by atoms with Crippen LogP contribution in [0.5, 0.6) is 5.88 Å². The quantitative estimate of drug-likeness (QED) is 0.854. The van der Waals surface area contributed by atoms with Crippen molar-refractivity contribution in [3.05, 3.63) is 46.1 Å². The molecule has 0 aliphatic carbocycles. The number of nitriles is 1. The van der Waals surface area contributed by atoms with E-state index in [9.17, 15) is 0 Å². The van der Waals surface area contributed by atoms with Crippen LogP contribution in [0.2, 0.25) is 10.0 Å². The second-order valence-electron chi connectivity index (χ2n) is 3.86. The highest BCUT2D eigenvalue weighted by Gasteiger charge is 2.12. The fraction of sp³-hybridized carbons (Fsp3) is 0.143. The van der Waals surface area contributed by atoms with Crippen molar-refractivity contribution in [3.8, 4) is 23.1 Å². The number of halogens is 2. The summed E-state index contributed by atoms with van der Waals surface area (Å²) < 4.78 is 5.23. The van der Waals surface area contributed by atoms with Crippen LogP contribution in [0.1, 0.15) is 5.56 Å². The molecule has 2 aromatic rings. The van der Waals surface area contributed by atoms with E-state index in [2.05, 4.69) is 11.1 Å². The zero-order valence-corrected chi connectivity index (χ0v) is 11.7. The van der Waals surface area contributed by atoms with Gasteiger partial charge in [0.1, 0.15) is 0 Å². The summed E-state index contributed by atoms with van der Waals surface area (Å²) in [6, 6.07) is 9.11. The predicted octanol–water partition coefficient (Wildman–Crippen LogP) is 4.13. The van der Waals surface area contributed by atoms with Crippen LogP contribution in [-0.2, 0) is 6.42 Å². The summed E-state index contributed by atoms with van der Waals surface area (Å²) in [5, 5.41) is 9.88. The van der Waals surface area contributed by atoms with Crippen molar-refractivity contribution in [1.29, 1.82) is 5.26 Å². The summed E-state index contributed by atoms with van der Waals surface area (Å²) in [7, 11) is 1.54. The van der Waals surface area contributed by atoms with Gasteiger partial charge in [0.2, 0.25) is 5.88 Å². The minimum Gasteiger partial charge on any atom is -0.481 e. The molecule has 0 aliphatic heterocycles. The van der Waals surface area contributed by atoms with E-state index >= 15 is 0 Å². The summed E-state index contributed by atoms with van der Waals surface area (Å²) in [5.41, 5.74) is 2.26. The van der Waals surface area contributed by atoms with Gasteiger partial charge in [0.15, 0.2) is 0 Å². The minimum absolute atomic E-state index is 0.280. The van der Waals surface area contributed by atoms with Crippen LogP contribution < -0.4 is 4.74 Å². The van der Waals surface area contributed by atoms with Gasteiger partial charge in [-0.25, -0.2) is 4.98 Å². The molecule has 96 valence electrons. The third kappa shape index (κ3) is 2.98. The SMILES string of the molecule is COc1ncc(CC#N)cc1-c1cc(Cl)ccc1Cl. The zero-order valence-electron chi connectivity index (χ0n) is 10.2. The van der Waals surface area contributed by atoms with Gasteiger partial charge in [0.05, 0.1) is 19.6 Å². The Morgan fingerprint density at radius 3 is 2.74 bits per heavy atom. The van der Waals surface area contributed by atoms with Crippen LogP contribution in [0, 0.1) is 11.3 Å². The molecule has 1 heterocycles. The smallest absolute Gasteiger partial charge is 0.221 e. The molecule has 2 rings (SSSR count). The summed E-state index contributed by atoms with van der Waals surface area (Å²) in [6.45, 7) is 0. The maximum absolute atomic E-state index is 8.75. The molecule has 1 aromatic heterocycles. The van der Waals surface area contributed by atoms with Crippen LogP contribution >= 0.6 is 23.2 Å². The van der Waals surface area contributed by atoms with Gasteiger partial charge in [-0.3, -0.25) is 0 Å². The molecule has 5 heteroatoms. The number of benzene rings is 1. The fourth-order valence-corrected chi connectivity index (χ4v) is 2.13. The van der Waals surface area contributed by atoms with Crippen molar-refractivity contribution in [3.63, 3.8) is 0 Å². The Hall–Kier alpha value is -1.76. The van der Waals surface area contributed by atoms with Crippen LogP contribution in [-0.4, -0.2) is 12.1 Å². The fourth-order valence-electron chi connectivity index (χ4n) is 1.74. The number of aromatic nitrogens is 1. The Kier molecular flexibility index (Phi) is 4.26. The normalized spacial score (nSPS) is 10.0. The highest BCUT2D eigenvalue weighted by molar-refractivity contribution is 6.35. The van der Waals surface area contributed by atoms with E-state index in [1.807, 2.05) is 6.07 Å². The molecule has 0 atom stereocenters. The van der Waals surface area contributed by atoms with Crippen LogP contribution in [0.15, 0.2) is 30.5 Å². The maximum Gasteiger partial charge on any atom is 0.221 e. The molecule has 19 heavy (non-hydrogen) atoms. The minimum atomic E-state index is 0.280.